The molecule has 0 spiro atoms. The minimum atomic E-state index is 0.421. The Kier molecular flexibility index (Phi) is 4.28. The lowest BCUT2D eigenvalue weighted by atomic mass is 10.2. The number of nitrogens with one attached hydrogen (secondary N) is 1. The molecule has 0 radical (unpaired) electrons. The molecule has 2 rings (SSSR count). The minimum absolute atomic E-state index is 0.421. The van der Waals surface area contributed by atoms with E-state index in [2.05, 4.69) is 21.2 Å². The second-order valence-electron chi connectivity index (χ2n) is 3.58. The van der Waals surface area contributed by atoms with Crippen molar-refractivity contribution < 1.29 is 0 Å². The SMILES string of the molecule is Nc1cc(Cl)c(Cl)cc1Nc1cccc(Cl)c1Br. The average molecular weight is 366 g/mol. The normalized spacial score (nSPS) is 10.4. The topological polar surface area (TPSA) is 38.0 Å². The molecule has 0 aliphatic carbocycles. The summed E-state index contributed by atoms with van der Waals surface area (Å²) in [5.74, 6) is 0. The van der Waals surface area contributed by atoms with E-state index in [0.29, 0.717) is 26.4 Å². The van der Waals surface area contributed by atoms with Gasteiger partial charge in [0.15, 0.2) is 0 Å². The van der Waals surface area contributed by atoms with Crippen LogP contribution >= 0.6 is 50.7 Å². The fourth-order valence-corrected chi connectivity index (χ4v) is 2.29. The fourth-order valence-electron chi connectivity index (χ4n) is 1.42. The number of hydrogen-bond donors (Lipinski definition) is 2. The monoisotopic (exact) mass is 364 g/mol. The maximum atomic E-state index is 6.01. The highest BCUT2D eigenvalue weighted by atomic mass is 79.9. The van der Waals surface area contributed by atoms with Gasteiger partial charge in [0.2, 0.25) is 0 Å². The van der Waals surface area contributed by atoms with Crippen LogP contribution in [0.1, 0.15) is 0 Å². The van der Waals surface area contributed by atoms with Crippen LogP contribution in [-0.4, -0.2) is 0 Å². The van der Waals surface area contributed by atoms with Crippen LogP contribution in [0.2, 0.25) is 15.1 Å². The van der Waals surface area contributed by atoms with Crippen molar-refractivity contribution >= 4 is 67.8 Å². The molecule has 0 fully saturated rings. The number of hydrogen-bond acceptors (Lipinski definition) is 2. The van der Waals surface area contributed by atoms with E-state index in [9.17, 15) is 0 Å². The molecule has 2 nitrogen and oxygen atoms in total. The van der Waals surface area contributed by atoms with Gasteiger partial charge in [0.1, 0.15) is 0 Å². The van der Waals surface area contributed by atoms with Gasteiger partial charge < -0.3 is 11.1 Å². The predicted molar refractivity (Wildman–Crippen MR) is 83.3 cm³/mol. The second-order valence-corrected chi connectivity index (χ2v) is 5.59. The third kappa shape index (κ3) is 2.86. The summed E-state index contributed by atoms with van der Waals surface area (Å²) in [6.07, 6.45) is 0. The van der Waals surface area contributed by atoms with Gasteiger partial charge in [-0.1, -0.05) is 40.9 Å². The predicted octanol–water partition coefficient (Wildman–Crippen LogP) is 5.74. The zero-order chi connectivity index (χ0) is 13.3. The first-order valence-electron chi connectivity index (χ1n) is 4.94. The van der Waals surface area contributed by atoms with Gasteiger partial charge in [-0.3, -0.25) is 0 Å². The summed E-state index contributed by atoms with van der Waals surface area (Å²) in [7, 11) is 0. The molecule has 0 heterocycles. The molecule has 0 saturated heterocycles. The molecule has 2 aromatic rings. The van der Waals surface area contributed by atoms with Crippen LogP contribution in [0.15, 0.2) is 34.8 Å². The Hall–Kier alpha value is -0.610. The standard InChI is InChI=1S/C12H8BrCl3N2/c13-12-6(14)2-1-3-10(12)18-11-5-8(16)7(15)4-9(11)17/h1-5,18H,17H2. The van der Waals surface area contributed by atoms with Crippen molar-refractivity contribution in [1.29, 1.82) is 0 Å². The van der Waals surface area contributed by atoms with Crippen LogP contribution in [0.5, 0.6) is 0 Å². The van der Waals surface area contributed by atoms with E-state index < -0.39 is 0 Å². The molecule has 0 bridgehead atoms. The Morgan fingerprint density at radius 3 is 2.33 bits per heavy atom. The van der Waals surface area contributed by atoms with Crippen molar-refractivity contribution in [3.63, 3.8) is 0 Å². The Balaban J connectivity index is 2.40. The molecule has 0 amide bonds. The van der Waals surface area contributed by atoms with Crippen LogP contribution in [-0.2, 0) is 0 Å². The molecule has 94 valence electrons. The van der Waals surface area contributed by atoms with E-state index in [1.165, 1.54) is 0 Å². The molecule has 0 aliphatic heterocycles. The number of benzene rings is 2. The summed E-state index contributed by atoms with van der Waals surface area (Å²) in [6.45, 7) is 0. The van der Waals surface area contributed by atoms with Crippen LogP contribution in [0.25, 0.3) is 0 Å². The summed E-state index contributed by atoms with van der Waals surface area (Å²) in [5.41, 5.74) is 7.85. The third-order valence-electron chi connectivity index (χ3n) is 2.31. The second kappa shape index (κ2) is 5.57. The van der Waals surface area contributed by atoms with E-state index in [1.54, 1.807) is 18.2 Å². The number of nitrogen functional groups attached to an aromatic ring is 1. The van der Waals surface area contributed by atoms with E-state index in [0.717, 1.165) is 10.2 Å². The van der Waals surface area contributed by atoms with E-state index in [4.69, 9.17) is 40.5 Å². The Morgan fingerprint density at radius 1 is 0.944 bits per heavy atom. The van der Waals surface area contributed by atoms with Gasteiger partial charge in [0.25, 0.3) is 0 Å². The number of rotatable bonds is 2. The van der Waals surface area contributed by atoms with Crippen molar-refractivity contribution in [3.05, 3.63) is 49.9 Å². The molecule has 0 unspecified atom stereocenters. The van der Waals surface area contributed by atoms with Gasteiger partial charge in [-0.15, -0.1) is 0 Å². The van der Waals surface area contributed by atoms with Gasteiger partial charge in [-0.2, -0.15) is 0 Å². The lowest BCUT2D eigenvalue weighted by Crippen LogP contribution is -1.97. The Morgan fingerprint density at radius 2 is 1.61 bits per heavy atom. The molecule has 3 N–H and O–H groups in total. The Bertz CT molecular complexity index is 602. The summed E-state index contributed by atoms with van der Waals surface area (Å²) in [5, 5.41) is 4.62. The van der Waals surface area contributed by atoms with Crippen LogP contribution in [0, 0.1) is 0 Å². The first-order chi connectivity index (χ1) is 8.49. The zero-order valence-electron chi connectivity index (χ0n) is 8.98. The summed E-state index contributed by atoms with van der Waals surface area (Å²) >= 11 is 21.2. The quantitative estimate of drug-likeness (QED) is 0.666. The highest BCUT2D eigenvalue weighted by Crippen LogP contribution is 2.36. The average Bonchev–Trinajstić information content (AvgIpc) is 2.32. The van der Waals surface area contributed by atoms with Crippen molar-refractivity contribution in [2.75, 3.05) is 11.1 Å². The summed E-state index contributed by atoms with van der Waals surface area (Å²) < 4.78 is 0.761. The van der Waals surface area contributed by atoms with Crippen LogP contribution < -0.4 is 11.1 Å². The van der Waals surface area contributed by atoms with Crippen molar-refractivity contribution in [2.24, 2.45) is 0 Å². The number of halogens is 4. The summed E-state index contributed by atoms with van der Waals surface area (Å²) in [4.78, 5) is 0. The van der Waals surface area contributed by atoms with Crippen molar-refractivity contribution in [2.45, 2.75) is 0 Å². The maximum Gasteiger partial charge on any atom is 0.0634 e. The molecule has 6 heteroatoms. The van der Waals surface area contributed by atoms with Crippen LogP contribution in [0.4, 0.5) is 17.1 Å². The highest BCUT2D eigenvalue weighted by molar-refractivity contribution is 9.10. The zero-order valence-corrected chi connectivity index (χ0v) is 12.8. The first kappa shape index (κ1) is 13.8. The molecule has 0 aliphatic rings. The molecular formula is C12H8BrCl3N2. The van der Waals surface area contributed by atoms with Gasteiger partial charge >= 0.3 is 0 Å². The highest BCUT2D eigenvalue weighted by Gasteiger charge is 2.08. The first-order valence-corrected chi connectivity index (χ1v) is 6.87. The van der Waals surface area contributed by atoms with Gasteiger partial charge in [-0.05, 0) is 40.2 Å². The molecule has 0 atom stereocenters. The largest absolute Gasteiger partial charge is 0.397 e. The Labute approximate surface area is 128 Å². The molecule has 0 aromatic heterocycles. The lowest BCUT2D eigenvalue weighted by molar-refractivity contribution is 1.52. The summed E-state index contributed by atoms with van der Waals surface area (Å²) in [6, 6.07) is 8.77. The molecule has 2 aromatic carbocycles. The van der Waals surface area contributed by atoms with Crippen LogP contribution in [0.3, 0.4) is 0 Å². The van der Waals surface area contributed by atoms with Gasteiger partial charge in [0, 0.05) is 0 Å². The molecular weight excluding hydrogens is 358 g/mol. The molecule has 0 saturated carbocycles. The van der Waals surface area contributed by atoms with Gasteiger partial charge in [0.05, 0.1) is 36.6 Å². The number of nitrogens with two attached hydrogens (primary N) is 1. The molecule has 18 heavy (non-hydrogen) atoms. The lowest BCUT2D eigenvalue weighted by Gasteiger charge is -2.12. The van der Waals surface area contributed by atoms with E-state index >= 15 is 0 Å². The fraction of sp³-hybridized carbons (Fsp3) is 0. The van der Waals surface area contributed by atoms with Crippen molar-refractivity contribution in [3.8, 4) is 0 Å². The minimum Gasteiger partial charge on any atom is -0.397 e. The third-order valence-corrected chi connectivity index (χ3v) is 4.43. The number of anilines is 3. The van der Waals surface area contributed by atoms with Crippen molar-refractivity contribution in [1.82, 2.24) is 0 Å². The van der Waals surface area contributed by atoms with E-state index in [1.807, 2.05) is 12.1 Å². The van der Waals surface area contributed by atoms with E-state index in [-0.39, 0.29) is 0 Å². The maximum absolute atomic E-state index is 6.01. The smallest absolute Gasteiger partial charge is 0.0634 e. The van der Waals surface area contributed by atoms with Gasteiger partial charge in [-0.25, -0.2) is 0 Å².